The molecule has 0 aliphatic heterocycles. The van der Waals surface area contributed by atoms with E-state index in [1.807, 2.05) is 25.2 Å². The molecule has 2 aromatic rings. The van der Waals surface area contributed by atoms with Crippen LogP contribution in [0.3, 0.4) is 0 Å². The topological polar surface area (TPSA) is 21.3 Å². The number of methoxy groups -OCH3 is 1. The van der Waals surface area contributed by atoms with E-state index in [1.165, 1.54) is 11.1 Å². The number of aryl methyl sites for hydroxylation is 1. The van der Waals surface area contributed by atoms with Crippen molar-refractivity contribution >= 4 is 31.9 Å². The third-order valence-corrected chi connectivity index (χ3v) is 4.78. The highest BCUT2D eigenvalue weighted by Crippen LogP contribution is 2.29. The van der Waals surface area contributed by atoms with Crippen LogP contribution in [0.2, 0.25) is 0 Å². The molecule has 0 fully saturated rings. The normalized spacial score (nSPS) is 12.2. The molecular formula is C17H19Br2NO. The van der Waals surface area contributed by atoms with Gasteiger partial charge in [0.1, 0.15) is 5.75 Å². The fourth-order valence-electron chi connectivity index (χ4n) is 2.34. The summed E-state index contributed by atoms with van der Waals surface area (Å²) >= 11 is 7.18. The van der Waals surface area contributed by atoms with Crippen molar-refractivity contribution in [1.82, 2.24) is 5.32 Å². The Bertz CT molecular complexity index is 584. The van der Waals surface area contributed by atoms with Crippen LogP contribution in [0.1, 0.15) is 23.6 Å². The minimum absolute atomic E-state index is 0.318. The Morgan fingerprint density at radius 2 is 1.81 bits per heavy atom. The van der Waals surface area contributed by atoms with Gasteiger partial charge in [-0.2, -0.15) is 0 Å². The van der Waals surface area contributed by atoms with Crippen molar-refractivity contribution in [1.29, 1.82) is 0 Å². The molecule has 0 radical (unpaired) electrons. The standard InChI is InChI=1S/C17H19Br2NO/c1-20-17(15-11-13(18)6-9-16(15)19)10-5-12-3-7-14(21-2)8-4-12/h3-4,6-9,11,17,20H,5,10H2,1-2H3. The quantitative estimate of drug-likeness (QED) is 0.711. The average Bonchev–Trinajstić information content (AvgIpc) is 2.51. The highest BCUT2D eigenvalue weighted by molar-refractivity contribution is 9.11. The molecule has 0 saturated carbocycles. The van der Waals surface area contributed by atoms with Crippen molar-refractivity contribution in [2.75, 3.05) is 14.2 Å². The number of rotatable bonds is 6. The van der Waals surface area contributed by atoms with Gasteiger partial charge in [-0.1, -0.05) is 44.0 Å². The molecule has 0 heterocycles. The summed E-state index contributed by atoms with van der Waals surface area (Å²) < 4.78 is 7.43. The van der Waals surface area contributed by atoms with E-state index >= 15 is 0 Å². The maximum Gasteiger partial charge on any atom is 0.118 e. The largest absolute Gasteiger partial charge is 0.497 e. The molecule has 0 aromatic heterocycles. The van der Waals surface area contributed by atoms with Gasteiger partial charge < -0.3 is 10.1 Å². The summed E-state index contributed by atoms with van der Waals surface area (Å²) in [4.78, 5) is 0. The molecular weight excluding hydrogens is 394 g/mol. The van der Waals surface area contributed by atoms with E-state index in [0.29, 0.717) is 6.04 Å². The molecule has 4 heteroatoms. The number of nitrogens with one attached hydrogen (secondary N) is 1. The first-order valence-corrected chi connectivity index (χ1v) is 8.47. The second-order valence-corrected chi connectivity index (χ2v) is 6.66. The minimum Gasteiger partial charge on any atom is -0.497 e. The zero-order valence-electron chi connectivity index (χ0n) is 12.2. The van der Waals surface area contributed by atoms with Gasteiger partial charge in [0.2, 0.25) is 0 Å². The number of ether oxygens (including phenoxy) is 1. The molecule has 112 valence electrons. The Hall–Kier alpha value is -0.840. The molecule has 0 spiro atoms. The molecule has 1 N–H and O–H groups in total. The van der Waals surface area contributed by atoms with Crippen LogP contribution in [0.15, 0.2) is 51.4 Å². The zero-order valence-corrected chi connectivity index (χ0v) is 15.4. The van der Waals surface area contributed by atoms with Crippen LogP contribution in [0.4, 0.5) is 0 Å². The smallest absolute Gasteiger partial charge is 0.118 e. The summed E-state index contributed by atoms with van der Waals surface area (Å²) in [5.41, 5.74) is 2.60. The van der Waals surface area contributed by atoms with Crippen LogP contribution in [0, 0.1) is 0 Å². The fourth-order valence-corrected chi connectivity index (χ4v) is 3.24. The van der Waals surface area contributed by atoms with Crippen LogP contribution < -0.4 is 10.1 Å². The van der Waals surface area contributed by atoms with Crippen molar-refractivity contribution < 1.29 is 4.74 Å². The van der Waals surface area contributed by atoms with Crippen LogP contribution in [0.25, 0.3) is 0 Å². The van der Waals surface area contributed by atoms with E-state index in [-0.39, 0.29) is 0 Å². The molecule has 1 unspecified atom stereocenters. The maximum absolute atomic E-state index is 5.19. The van der Waals surface area contributed by atoms with Gasteiger partial charge in [0.25, 0.3) is 0 Å². The van der Waals surface area contributed by atoms with E-state index in [4.69, 9.17) is 4.74 Å². The highest BCUT2D eigenvalue weighted by atomic mass is 79.9. The molecule has 1 atom stereocenters. The number of benzene rings is 2. The summed E-state index contributed by atoms with van der Waals surface area (Å²) in [6, 6.07) is 14.9. The van der Waals surface area contributed by atoms with Crippen LogP contribution in [-0.2, 0) is 6.42 Å². The zero-order chi connectivity index (χ0) is 15.2. The Morgan fingerprint density at radius 1 is 1.10 bits per heavy atom. The minimum atomic E-state index is 0.318. The molecule has 0 aliphatic carbocycles. The number of halogens is 2. The lowest BCUT2D eigenvalue weighted by molar-refractivity contribution is 0.414. The molecule has 0 saturated heterocycles. The third kappa shape index (κ3) is 4.56. The second kappa shape index (κ2) is 7.97. The summed E-state index contributed by atoms with van der Waals surface area (Å²) in [6.45, 7) is 0. The predicted octanol–water partition coefficient (Wildman–Crippen LogP) is 5.11. The van der Waals surface area contributed by atoms with Crippen LogP contribution >= 0.6 is 31.9 Å². The number of hydrogen-bond acceptors (Lipinski definition) is 2. The monoisotopic (exact) mass is 411 g/mol. The third-order valence-electron chi connectivity index (χ3n) is 3.56. The molecule has 2 rings (SSSR count). The van der Waals surface area contributed by atoms with Crippen molar-refractivity contribution in [3.63, 3.8) is 0 Å². The average molecular weight is 413 g/mol. The van der Waals surface area contributed by atoms with Gasteiger partial charge in [0.15, 0.2) is 0 Å². The van der Waals surface area contributed by atoms with Crippen molar-refractivity contribution in [3.8, 4) is 5.75 Å². The Kier molecular flexibility index (Phi) is 6.27. The van der Waals surface area contributed by atoms with E-state index in [2.05, 4.69) is 61.4 Å². The Balaban J connectivity index is 2.06. The van der Waals surface area contributed by atoms with E-state index in [9.17, 15) is 0 Å². The van der Waals surface area contributed by atoms with Crippen LogP contribution in [0.5, 0.6) is 5.75 Å². The second-order valence-electron chi connectivity index (χ2n) is 4.89. The predicted molar refractivity (Wildman–Crippen MR) is 95.0 cm³/mol. The van der Waals surface area contributed by atoms with E-state index < -0.39 is 0 Å². The van der Waals surface area contributed by atoms with Crippen molar-refractivity contribution in [3.05, 3.63) is 62.5 Å². The number of hydrogen-bond donors (Lipinski definition) is 1. The molecule has 0 aliphatic rings. The summed E-state index contributed by atoms with van der Waals surface area (Å²) in [6.07, 6.45) is 2.06. The fraction of sp³-hybridized carbons (Fsp3) is 0.294. The van der Waals surface area contributed by atoms with Gasteiger partial charge in [-0.15, -0.1) is 0 Å². The van der Waals surface area contributed by atoms with Gasteiger partial charge in [-0.3, -0.25) is 0 Å². The summed E-state index contributed by atoms with van der Waals surface area (Å²) in [7, 11) is 3.70. The van der Waals surface area contributed by atoms with Crippen molar-refractivity contribution in [2.24, 2.45) is 0 Å². The van der Waals surface area contributed by atoms with Gasteiger partial charge in [0.05, 0.1) is 7.11 Å². The van der Waals surface area contributed by atoms with Gasteiger partial charge >= 0.3 is 0 Å². The Morgan fingerprint density at radius 3 is 2.43 bits per heavy atom. The lowest BCUT2D eigenvalue weighted by Crippen LogP contribution is -2.17. The lowest BCUT2D eigenvalue weighted by atomic mass is 9.99. The van der Waals surface area contributed by atoms with Crippen molar-refractivity contribution in [2.45, 2.75) is 18.9 Å². The molecule has 2 aromatic carbocycles. The van der Waals surface area contributed by atoms with Gasteiger partial charge in [-0.05, 0) is 61.3 Å². The van der Waals surface area contributed by atoms with Gasteiger partial charge in [-0.25, -0.2) is 0 Å². The molecule has 2 nitrogen and oxygen atoms in total. The van der Waals surface area contributed by atoms with Crippen LogP contribution in [-0.4, -0.2) is 14.2 Å². The Labute approximate surface area is 143 Å². The first-order valence-electron chi connectivity index (χ1n) is 6.89. The lowest BCUT2D eigenvalue weighted by Gasteiger charge is -2.18. The highest BCUT2D eigenvalue weighted by Gasteiger charge is 2.13. The maximum atomic E-state index is 5.19. The molecule has 21 heavy (non-hydrogen) atoms. The molecule has 0 amide bonds. The first-order chi connectivity index (χ1) is 10.1. The van der Waals surface area contributed by atoms with E-state index in [1.54, 1.807) is 7.11 Å². The summed E-state index contributed by atoms with van der Waals surface area (Å²) in [5, 5.41) is 3.40. The SMILES string of the molecule is CNC(CCc1ccc(OC)cc1)c1cc(Br)ccc1Br. The first kappa shape index (κ1) is 16.5. The van der Waals surface area contributed by atoms with Gasteiger partial charge in [0, 0.05) is 15.0 Å². The molecule has 0 bridgehead atoms. The van der Waals surface area contributed by atoms with E-state index in [0.717, 1.165) is 27.5 Å². The summed E-state index contributed by atoms with van der Waals surface area (Å²) in [5.74, 6) is 0.902.